The Morgan fingerprint density at radius 2 is 1.53 bits per heavy atom. The van der Waals surface area contributed by atoms with Crippen LogP contribution in [0.4, 0.5) is 17.6 Å². The average Bonchev–Trinajstić information content (AvgIpc) is 2.16. The first kappa shape index (κ1) is 12.0. The van der Waals surface area contributed by atoms with Crippen molar-refractivity contribution in [1.29, 1.82) is 0 Å². The van der Waals surface area contributed by atoms with E-state index in [4.69, 9.17) is 0 Å². The summed E-state index contributed by atoms with van der Waals surface area (Å²) in [4.78, 5) is 0. The van der Waals surface area contributed by atoms with Gasteiger partial charge in [0.05, 0.1) is 0 Å². The molecule has 1 unspecified atom stereocenters. The minimum Gasteiger partial charge on any atom is -0.204 e. The van der Waals surface area contributed by atoms with Gasteiger partial charge in [-0.05, 0) is 12.3 Å². The smallest absolute Gasteiger partial charge is 0.165 e. The fraction of sp³-hybridized carbons (Fsp3) is 0.455. The zero-order valence-electron chi connectivity index (χ0n) is 8.58. The molecule has 0 nitrogen and oxygen atoms in total. The SMILES string of the molecule is CCCC(C)c1c(F)c(F)cc(F)c1F. The number of hydrogen-bond acceptors (Lipinski definition) is 0. The summed E-state index contributed by atoms with van der Waals surface area (Å²) in [7, 11) is 0. The third kappa shape index (κ3) is 2.30. The van der Waals surface area contributed by atoms with Crippen LogP contribution in [-0.4, -0.2) is 0 Å². The molecule has 0 heterocycles. The van der Waals surface area contributed by atoms with Crippen molar-refractivity contribution >= 4 is 0 Å². The van der Waals surface area contributed by atoms with Crippen LogP contribution in [-0.2, 0) is 0 Å². The maximum atomic E-state index is 13.2. The molecule has 0 aromatic heterocycles. The van der Waals surface area contributed by atoms with Crippen LogP contribution in [0.1, 0.15) is 38.2 Å². The van der Waals surface area contributed by atoms with E-state index in [1.165, 1.54) is 0 Å². The number of halogens is 4. The molecule has 1 atom stereocenters. The third-order valence-corrected chi connectivity index (χ3v) is 2.36. The van der Waals surface area contributed by atoms with Crippen LogP contribution in [0.5, 0.6) is 0 Å². The van der Waals surface area contributed by atoms with Crippen molar-refractivity contribution in [2.45, 2.75) is 32.6 Å². The topological polar surface area (TPSA) is 0 Å². The number of hydrogen-bond donors (Lipinski definition) is 0. The van der Waals surface area contributed by atoms with Crippen LogP contribution >= 0.6 is 0 Å². The zero-order valence-corrected chi connectivity index (χ0v) is 8.58. The van der Waals surface area contributed by atoms with Crippen LogP contribution in [0.15, 0.2) is 6.07 Å². The molecule has 0 saturated carbocycles. The average molecular weight is 220 g/mol. The molecule has 0 spiro atoms. The van der Waals surface area contributed by atoms with E-state index in [-0.39, 0.29) is 6.07 Å². The van der Waals surface area contributed by atoms with Gasteiger partial charge in [-0.1, -0.05) is 20.3 Å². The lowest BCUT2D eigenvalue weighted by atomic mass is 9.95. The third-order valence-electron chi connectivity index (χ3n) is 2.36. The van der Waals surface area contributed by atoms with Crippen molar-refractivity contribution in [3.05, 3.63) is 34.9 Å². The highest BCUT2D eigenvalue weighted by Crippen LogP contribution is 2.29. The summed E-state index contributed by atoms with van der Waals surface area (Å²) in [6.45, 7) is 3.38. The molecule has 1 aromatic rings. The van der Waals surface area contributed by atoms with Crippen molar-refractivity contribution in [3.63, 3.8) is 0 Å². The molecule has 0 aliphatic rings. The van der Waals surface area contributed by atoms with Crippen molar-refractivity contribution in [2.75, 3.05) is 0 Å². The zero-order chi connectivity index (χ0) is 11.6. The highest BCUT2D eigenvalue weighted by atomic mass is 19.2. The normalized spacial score (nSPS) is 12.9. The van der Waals surface area contributed by atoms with Crippen LogP contribution in [0, 0.1) is 23.3 Å². The molecule has 1 rings (SSSR count). The lowest BCUT2D eigenvalue weighted by Gasteiger charge is -2.13. The fourth-order valence-electron chi connectivity index (χ4n) is 1.60. The van der Waals surface area contributed by atoms with Crippen LogP contribution in [0.25, 0.3) is 0 Å². The Bertz CT molecular complexity index is 334. The first-order valence-corrected chi connectivity index (χ1v) is 4.81. The van der Waals surface area contributed by atoms with Gasteiger partial charge in [-0.3, -0.25) is 0 Å². The lowest BCUT2D eigenvalue weighted by molar-refractivity contribution is 0.425. The van der Waals surface area contributed by atoms with E-state index in [2.05, 4.69) is 0 Å². The molecule has 0 aliphatic carbocycles. The van der Waals surface area contributed by atoms with Crippen LogP contribution in [0.2, 0.25) is 0 Å². The van der Waals surface area contributed by atoms with Gasteiger partial charge in [-0.2, -0.15) is 0 Å². The Hall–Kier alpha value is -1.06. The largest absolute Gasteiger partial charge is 0.204 e. The van der Waals surface area contributed by atoms with E-state index in [0.717, 1.165) is 0 Å². The van der Waals surface area contributed by atoms with Gasteiger partial charge in [0.1, 0.15) is 0 Å². The molecule has 0 bridgehead atoms. The Kier molecular flexibility index (Phi) is 3.72. The first-order valence-electron chi connectivity index (χ1n) is 4.81. The van der Waals surface area contributed by atoms with Crippen molar-refractivity contribution < 1.29 is 17.6 Å². The van der Waals surface area contributed by atoms with Gasteiger partial charge < -0.3 is 0 Å². The van der Waals surface area contributed by atoms with Gasteiger partial charge in [0, 0.05) is 11.6 Å². The van der Waals surface area contributed by atoms with Crippen LogP contribution < -0.4 is 0 Å². The van der Waals surface area contributed by atoms with Crippen LogP contribution in [0.3, 0.4) is 0 Å². The van der Waals surface area contributed by atoms with Gasteiger partial charge in [0.25, 0.3) is 0 Å². The summed E-state index contributed by atoms with van der Waals surface area (Å²) < 4.78 is 52.1. The Labute approximate surface area is 85.9 Å². The van der Waals surface area contributed by atoms with E-state index in [9.17, 15) is 17.6 Å². The monoisotopic (exact) mass is 220 g/mol. The second kappa shape index (κ2) is 4.64. The van der Waals surface area contributed by atoms with E-state index in [1.807, 2.05) is 6.92 Å². The molecule has 0 saturated heterocycles. The highest BCUT2D eigenvalue weighted by molar-refractivity contribution is 5.25. The molecule has 0 amide bonds. The molecular formula is C11H12F4. The van der Waals surface area contributed by atoms with Gasteiger partial charge in [-0.15, -0.1) is 0 Å². The highest BCUT2D eigenvalue weighted by Gasteiger charge is 2.22. The van der Waals surface area contributed by atoms with Crippen molar-refractivity contribution in [3.8, 4) is 0 Å². The molecule has 4 heteroatoms. The molecule has 1 aromatic carbocycles. The molecule has 84 valence electrons. The van der Waals surface area contributed by atoms with Crippen molar-refractivity contribution in [1.82, 2.24) is 0 Å². The standard InChI is InChI=1S/C11H12F4/c1-3-4-6(2)9-10(14)7(12)5-8(13)11(9)15/h5-6H,3-4H2,1-2H3. The summed E-state index contributed by atoms with van der Waals surface area (Å²) >= 11 is 0. The summed E-state index contributed by atoms with van der Waals surface area (Å²) in [5, 5.41) is 0. The summed E-state index contributed by atoms with van der Waals surface area (Å²) in [6.07, 6.45) is 1.18. The minimum atomic E-state index is -1.34. The minimum absolute atomic E-state index is 0.229. The quantitative estimate of drug-likeness (QED) is 0.530. The maximum Gasteiger partial charge on any atom is 0.165 e. The van der Waals surface area contributed by atoms with E-state index in [1.54, 1.807) is 6.92 Å². The van der Waals surface area contributed by atoms with Gasteiger partial charge in [-0.25, -0.2) is 17.6 Å². The number of benzene rings is 1. The summed E-state index contributed by atoms with van der Waals surface area (Å²) in [6, 6.07) is 0.229. The molecule has 0 radical (unpaired) electrons. The lowest BCUT2D eigenvalue weighted by Crippen LogP contribution is -2.06. The van der Waals surface area contributed by atoms with Gasteiger partial charge >= 0.3 is 0 Å². The number of rotatable bonds is 3. The molecule has 0 fully saturated rings. The van der Waals surface area contributed by atoms with E-state index < -0.39 is 34.8 Å². The predicted octanol–water partition coefficient (Wildman–Crippen LogP) is 4.15. The Morgan fingerprint density at radius 1 is 1.07 bits per heavy atom. The molecule has 0 N–H and O–H groups in total. The summed E-state index contributed by atoms with van der Waals surface area (Å²) in [5.41, 5.74) is -0.491. The second-order valence-corrected chi connectivity index (χ2v) is 3.57. The molecular weight excluding hydrogens is 208 g/mol. The summed E-state index contributed by atoms with van der Waals surface area (Å²) in [5.74, 6) is -5.77. The molecule has 15 heavy (non-hydrogen) atoms. The Morgan fingerprint density at radius 3 is 1.93 bits per heavy atom. The predicted molar refractivity (Wildman–Crippen MR) is 49.6 cm³/mol. The van der Waals surface area contributed by atoms with E-state index in [0.29, 0.717) is 12.8 Å². The van der Waals surface area contributed by atoms with Gasteiger partial charge in [0.15, 0.2) is 23.3 Å². The molecule has 0 aliphatic heterocycles. The van der Waals surface area contributed by atoms with Gasteiger partial charge in [0.2, 0.25) is 0 Å². The Balaban J connectivity index is 3.26. The fourth-order valence-corrected chi connectivity index (χ4v) is 1.60. The second-order valence-electron chi connectivity index (χ2n) is 3.57. The van der Waals surface area contributed by atoms with E-state index >= 15 is 0 Å². The van der Waals surface area contributed by atoms with Crippen molar-refractivity contribution in [2.24, 2.45) is 0 Å². The first-order chi connectivity index (χ1) is 6.99. The maximum absolute atomic E-state index is 13.2.